The SMILES string of the molecule is Cc1cnn(CC2CCCN2C(=O)CCc2cccs2)c1. The lowest BCUT2D eigenvalue weighted by atomic mass is 10.2. The van der Waals surface area contributed by atoms with Crippen LogP contribution in [0.3, 0.4) is 0 Å². The number of aryl methyl sites for hydroxylation is 2. The van der Waals surface area contributed by atoms with Gasteiger partial charge in [0, 0.05) is 24.0 Å². The smallest absolute Gasteiger partial charge is 0.223 e. The molecule has 1 unspecified atom stereocenters. The van der Waals surface area contributed by atoms with Crippen molar-refractivity contribution in [3.8, 4) is 0 Å². The molecule has 0 saturated carbocycles. The van der Waals surface area contributed by atoms with Gasteiger partial charge >= 0.3 is 0 Å². The summed E-state index contributed by atoms with van der Waals surface area (Å²) in [7, 11) is 0. The Morgan fingerprint density at radius 2 is 2.43 bits per heavy atom. The molecule has 21 heavy (non-hydrogen) atoms. The average Bonchev–Trinajstić information content (AvgIpc) is 3.19. The van der Waals surface area contributed by atoms with E-state index in [4.69, 9.17) is 0 Å². The Kier molecular flexibility index (Phi) is 4.39. The summed E-state index contributed by atoms with van der Waals surface area (Å²) in [6.07, 6.45) is 7.60. The summed E-state index contributed by atoms with van der Waals surface area (Å²) in [4.78, 5) is 15.8. The van der Waals surface area contributed by atoms with Crippen molar-refractivity contribution in [1.29, 1.82) is 0 Å². The van der Waals surface area contributed by atoms with E-state index in [-0.39, 0.29) is 5.91 Å². The van der Waals surface area contributed by atoms with Crippen LogP contribution in [0.2, 0.25) is 0 Å². The molecule has 0 aromatic carbocycles. The van der Waals surface area contributed by atoms with E-state index in [2.05, 4.69) is 21.4 Å². The number of aromatic nitrogens is 2. The molecule has 2 aromatic rings. The summed E-state index contributed by atoms with van der Waals surface area (Å²) in [5, 5.41) is 6.41. The number of hydrogen-bond donors (Lipinski definition) is 0. The zero-order valence-electron chi connectivity index (χ0n) is 12.4. The molecule has 2 aromatic heterocycles. The molecule has 3 heterocycles. The molecule has 112 valence electrons. The molecule has 0 aliphatic carbocycles. The van der Waals surface area contributed by atoms with E-state index in [1.165, 1.54) is 10.4 Å². The third-order valence-electron chi connectivity index (χ3n) is 4.02. The van der Waals surface area contributed by atoms with Gasteiger partial charge in [0.1, 0.15) is 0 Å². The second kappa shape index (κ2) is 6.43. The predicted octanol–water partition coefficient (Wildman–Crippen LogP) is 2.88. The molecule has 3 rings (SSSR count). The second-order valence-electron chi connectivity index (χ2n) is 5.70. The zero-order valence-corrected chi connectivity index (χ0v) is 13.2. The lowest BCUT2D eigenvalue weighted by Crippen LogP contribution is -2.38. The molecule has 0 N–H and O–H groups in total. The first-order valence-electron chi connectivity index (χ1n) is 7.53. The summed E-state index contributed by atoms with van der Waals surface area (Å²) in [5.41, 5.74) is 1.17. The van der Waals surface area contributed by atoms with E-state index >= 15 is 0 Å². The van der Waals surface area contributed by atoms with Crippen molar-refractivity contribution in [2.45, 2.75) is 45.2 Å². The maximum absolute atomic E-state index is 12.4. The minimum absolute atomic E-state index is 0.287. The topological polar surface area (TPSA) is 38.1 Å². The van der Waals surface area contributed by atoms with Crippen molar-refractivity contribution in [2.75, 3.05) is 6.54 Å². The van der Waals surface area contributed by atoms with Crippen LogP contribution in [0.4, 0.5) is 0 Å². The summed E-state index contributed by atoms with van der Waals surface area (Å²) >= 11 is 1.73. The summed E-state index contributed by atoms with van der Waals surface area (Å²) in [5.74, 6) is 0.287. The van der Waals surface area contributed by atoms with Gasteiger partial charge in [-0.25, -0.2) is 0 Å². The van der Waals surface area contributed by atoms with Crippen molar-refractivity contribution in [2.24, 2.45) is 0 Å². The fraction of sp³-hybridized carbons (Fsp3) is 0.500. The lowest BCUT2D eigenvalue weighted by molar-refractivity contribution is -0.132. The van der Waals surface area contributed by atoms with Crippen LogP contribution >= 0.6 is 11.3 Å². The maximum atomic E-state index is 12.4. The van der Waals surface area contributed by atoms with Crippen LogP contribution in [0.15, 0.2) is 29.9 Å². The van der Waals surface area contributed by atoms with Crippen molar-refractivity contribution in [3.63, 3.8) is 0 Å². The van der Waals surface area contributed by atoms with Crippen molar-refractivity contribution in [3.05, 3.63) is 40.3 Å². The van der Waals surface area contributed by atoms with Crippen LogP contribution in [-0.2, 0) is 17.8 Å². The highest BCUT2D eigenvalue weighted by atomic mass is 32.1. The molecule has 1 aliphatic rings. The van der Waals surface area contributed by atoms with E-state index < -0.39 is 0 Å². The fourth-order valence-corrected chi connectivity index (χ4v) is 3.67. The van der Waals surface area contributed by atoms with Crippen LogP contribution < -0.4 is 0 Å². The third-order valence-corrected chi connectivity index (χ3v) is 4.96. The summed E-state index contributed by atoms with van der Waals surface area (Å²) in [6.45, 7) is 3.76. The van der Waals surface area contributed by atoms with Gasteiger partial charge in [0.05, 0.1) is 18.8 Å². The van der Waals surface area contributed by atoms with Gasteiger partial charge in [-0.3, -0.25) is 9.48 Å². The molecular formula is C16H21N3OS. The second-order valence-corrected chi connectivity index (χ2v) is 6.73. The average molecular weight is 303 g/mol. The van der Waals surface area contributed by atoms with E-state index in [0.717, 1.165) is 32.4 Å². The standard InChI is InChI=1S/C16H21N3OS/c1-13-10-17-18(11-13)12-14-4-2-8-19(14)16(20)7-6-15-5-3-9-21-15/h3,5,9-11,14H,2,4,6-8,12H2,1H3. The van der Waals surface area contributed by atoms with Crippen molar-refractivity contribution >= 4 is 17.2 Å². The molecule has 0 bridgehead atoms. The molecule has 4 nitrogen and oxygen atoms in total. The Labute approximate surface area is 129 Å². The van der Waals surface area contributed by atoms with Crippen LogP contribution in [0.5, 0.6) is 0 Å². The molecule has 1 saturated heterocycles. The van der Waals surface area contributed by atoms with E-state index in [1.54, 1.807) is 11.3 Å². The minimum Gasteiger partial charge on any atom is -0.338 e. The normalized spacial score (nSPS) is 18.3. The Bertz CT molecular complexity index is 590. The van der Waals surface area contributed by atoms with Gasteiger partial charge in [-0.1, -0.05) is 6.07 Å². The predicted molar refractivity (Wildman–Crippen MR) is 84.3 cm³/mol. The number of rotatable bonds is 5. The zero-order chi connectivity index (χ0) is 14.7. The number of likely N-dealkylation sites (tertiary alicyclic amines) is 1. The third kappa shape index (κ3) is 3.53. The van der Waals surface area contributed by atoms with E-state index in [0.29, 0.717) is 12.5 Å². The quantitative estimate of drug-likeness (QED) is 0.852. The van der Waals surface area contributed by atoms with Crippen molar-refractivity contribution < 1.29 is 4.79 Å². The van der Waals surface area contributed by atoms with Gasteiger partial charge in [-0.05, 0) is 43.2 Å². The fourth-order valence-electron chi connectivity index (χ4n) is 2.97. The molecule has 0 radical (unpaired) electrons. The van der Waals surface area contributed by atoms with E-state index in [9.17, 15) is 4.79 Å². The highest BCUT2D eigenvalue weighted by molar-refractivity contribution is 7.09. The van der Waals surface area contributed by atoms with Crippen LogP contribution in [0, 0.1) is 6.92 Å². The number of carbonyl (C=O) groups is 1. The van der Waals surface area contributed by atoms with Crippen LogP contribution in [0.1, 0.15) is 29.7 Å². The van der Waals surface area contributed by atoms with Gasteiger partial charge in [-0.15, -0.1) is 11.3 Å². The Hall–Kier alpha value is -1.62. The first-order chi connectivity index (χ1) is 10.2. The molecule has 1 amide bonds. The number of amides is 1. The van der Waals surface area contributed by atoms with Crippen LogP contribution in [0.25, 0.3) is 0 Å². The number of nitrogens with zero attached hydrogens (tertiary/aromatic N) is 3. The largest absolute Gasteiger partial charge is 0.338 e. The molecule has 1 fully saturated rings. The Morgan fingerprint density at radius 3 is 3.14 bits per heavy atom. The molecule has 1 aliphatic heterocycles. The summed E-state index contributed by atoms with van der Waals surface area (Å²) < 4.78 is 1.96. The minimum atomic E-state index is 0.287. The molecule has 5 heteroatoms. The van der Waals surface area contributed by atoms with Gasteiger partial charge < -0.3 is 4.90 Å². The van der Waals surface area contributed by atoms with Gasteiger partial charge in [0.15, 0.2) is 0 Å². The van der Waals surface area contributed by atoms with Crippen LogP contribution in [-0.4, -0.2) is 33.2 Å². The Balaban J connectivity index is 1.56. The van der Waals surface area contributed by atoms with Gasteiger partial charge in [0.25, 0.3) is 0 Å². The molecule has 1 atom stereocenters. The Morgan fingerprint density at radius 1 is 1.52 bits per heavy atom. The summed E-state index contributed by atoms with van der Waals surface area (Å²) in [6, 6.07) is 4.45. The van der Waals surface area contributed by atoms with Gasteiger partial charge in [-0.2, -0.15) is 5.10 Å². The highest BCUT2D eigenvalue weighted by Crippen LogP contribution is 2.21. The highest BCUT2D eigenvalue weighted by Gasteiger charge is 2.28. The first-order valence-corrected chi connectivity index (χ1v) is 8.41. The van der Waals surface area contributed by atoms with E-state index in [1.807, 2.05) is 30.1 Å². The monoisotopic (exact) mass is 303 g/mol. The van der Waals surface area contributed by atoms with Crippen molar-refractivity contribution in [1.82, 2.24) is 14.7 Å². The molecular weight excluding hydrogens is 282 g/mol. The van der Waals surface area contributed by atoms with Gasteiger partial charge in [0.2, 0.25) is 5.91 Å². The molecule has 0 spiro atoms. The number of thiophene rings is 1. The maximum Gasteiger partial charge on any atom is 0.223 e. The first kappa shape index (κ1) is 14.3. The lowest BCUT2D eigenvalue weighted by Gasteiger charge is -2.24. The number of hydrogen-bond acceptors (Lipinski definition) is 3. The number of carbonyl (C=O) groups excluding carboxylic acids is 1.